The summed E-state index contributed by atoms with van der Waals surface area (Å²) in [7, 11) is 0. The van der Waals surface area contributed by atoms with Gasteiger partial charge in [0.15, 0.2) is 0 Å². The van der Waals surface area contributed by atoms with Crippen LogP contribution in [0, 0.1) is 20.8 Å². The van der Waals surface area contributed by atoms with Crippen LogP contribution in [0.4, 0.5) is 0 Å². The first-order valence-electron chi connectivity index (χ1n) is 7.52. The lowest BCUT2D eigenvalue weighted by Gasteiger charge is -2.05. The van der Waals surface area contributed by atoms with Crippen molar-refractivity contribution in [1.82, 2.24) is 25.1 Å². The molecule has 0 atom stereocenters. The number of aromatic nitrogens is 4. The van der Waals surface area contributed by atoms with Crippen LogP contribution in [0.15, 0.2) is 0 Å². The van der Waals surface area contributed by atoms with Gasteiger partial charge in [0, 0.05) is 19.0 Å². The maximum Gasteiger partial charge on any atom is 0.263 e. The normalized spacial score (nSPS) is 11.2. The Morgan fingerprint density at radius 3 is 2.55 bits per heavy atom. The van der Waals surface area contributed by atoms with E-state index >= 15 is 0 Å². The predicted octanol–water partition coefficient (Wildman–Crippen LogP) is 2.60. The summed E-state index contributed by atoms with van der Waals surface area (Å²) in [4.78, 5) is 21.6. The molecule has 1 N–H and O–H groups in total. The molecule has 6 nitrogen and oxygen atoms in total. The molecule has 22 heavy (non-hydrogen) atoms. The minimum absolute atomic E-state index is 0.0339. The molecule has 0 saturated heterocycles. The first-order chi connectivity index (χ1) is 10.4. The van der Waals surface area contributed by atoms with E-state index in [-0.39, 0.29) is 5.91 Å². The van der Waals surface area contributed by atoms with Crippen molar-refractivity contribution in [2.24, 2.45) is 0 Å². The van der Waals surface area contributed by atoms with Crippen molar-refractivity contribution < 1.29 is 4.79 Å². The smallest absolute Gasteiger partial charge is 0.263 e. The van der Waals surface area contributed by atoms with E-state index in [1.807, 2.05) is 25.5 Å². The number of rotatable bonds is 6. The van der Waals surface area contributed by atoms with Crippen LogP contribution >= 0.6 is 11.3 Å². The van der Waals surface area contributed by atoms with Gasteiger partial charge >= 0.3 is 0 Å². The summed E-state index contributed by atoms with van der Waals surface area (Å²) in [5, 5.41) is 8.28. The maximum absolute atomic E-state index is 12.2. The zero-order valence-corrected chi connectivity index (χ0v) is 14.6. The molecule has 2 aromatic heterocycles. The first-order valence-corrected chi connectivity index (χ1v) is 8.33. The lowest BCUT2D eigenvalue weighted by Crippen LogP contribution is -2.25. The Morgan fingerprint density at radius 1 is 1.27 bits per heavy atom. The summed E-state index contributed by atoms with van der Waals surface area (Å²) in [6.45, 7) is 11.2. The van der Waals surface area contributed by atoms with E-state index in [0.717, 1.165) is 40.2 Å². The van der Waals surface area contributed by atoms with Gasteiger partial charge in [0.1, 0.15) is 16.5 Å². The third-order valence-electron chi connectivity index (χ3n) is 3.31. The average molecular weight is 321 g/mol. The fourth-order valence-electron chi connectivity index (χ4n) is 2.16. The summed E-state index contributed by atoms with van der Waals surface area (Å²) in [5.41, 5.74) is 0.814. The molecule has 2 aromatic rings. The Hall–Kier alpha value is -1.76. The Morgan fingerprint density at radius 2 is 2.00 bits per heavy atom. The molecule has 0 unspecified atom stereocenters. The topological polar surface area (TPSA) is 72.7 Å². The second-order valence-corrected chi connectivity index (χ2v) is 6.69. The summed E-state index contributed by atoms with van der Waals surface area (Å²) in [5.74, 6) is 2.00. The van der Waals surface area contributed by atoms with Crippen molar-refractivity contribution >= 4 is 17.2 Å². The van der Waals surface area contributed by atoms with Crippen LogP contribution in [0.5, 0.6) is 0 Å². The highest BCUT2D eigenvalue weighted by Gasteiger charge is 2.16. The molecule has 0 aliphatic heterocycles. The average Bonchev–Trinajstić information content (AvgIpc) is 2.97. The highest BCUT2D eigenvalue weighted by molar-refractivity contribution is 7.13. The Labute approximate surface area is 135 Å². The number of thiazole rings is 1. The number of hydrogen-bond donors (Lipinski definition) is 1. The van der Waals surface area contributed by atoms with E-state index in [4.69, 9.17) is 0 Å². The lowest BCUT2D eigenvalue weighted by atomic mass is 10.2. The number of nitrogens with zero attached hydrogens (tertiary/aromatic N) is 4. The lowest BCUT2D eigenvalue weighted by molar-refractivity contribution is 0.0956. The van der Waals surface area contributed by atoms with Gasteiger partial charge in [-0.1, -0.05) is 13.8 Å². The minimum Gasteiger partial charge on any atom is -0.351 e. The Kier molecular flexibility index (Phi) is 5.28. The standard InChI is InChI=1S/C15H23N5OS/c1-9(2)15-17-10(3)13(22-15)14(21)16-7-6-8-20-12(5)18-11(4)19-20/h9H,6-8H2,1-5H3,(H,16,21). The number of aryl methyl sites for hydroxylation is 4. The van der Waals surface area contributed by atoms with Crippen molar-refractivity contribution in [2.75, 3.05) is 6.54 Å². The highest BCUT2D eigenvalue weighted by atomic mass is 32.1. The molecular weight excluding hydrogens is 298 g/mol. The van der Waals surface area contributed by atoms with E-state index in [1.165, 1.54) is 11.3 Å². The first kappa shape index (κ1) is 16.6. The van der Waals surface area contributed by atoms with Crippen LogP contribution in [-0.4, -0.2) is 32.2 Å². The number of nitrogens with one attached hydrogen (secondary N) is 1. The molecule has 2 rings (SSSR count). The quantitative estimate of drug-likeness (QED) is 0.830. The SMILES string of the molecule is Cc1nc(C)n(CCCNC(=O)c2sc(C(C)C)nc2C)n1. The Balaban J connectivity index is 1.84. The summed E-state index contributed by atoms with van der Waals surface area (Å²) in [6, 6.07) is 0. The third-order valence-corrected chi connectivity index (χ3v) is 4.76. The van der Waals surface area contributed by atoms with Gasteiger partial charge in [-0.15, -0.1) is 11.3 Å². The van der Waals surface area contributed by atoms with Crippen LogP contribution in [0.3, 0.4) is 0 Å². The van der Waals surface area contributed by atoms with Crippen LogP contribution in [-0.2, 0) is 6.54 Å². The van der Waals surface area contributed by atoms with Crippen molar-refractivity contribution in [1.29, 1.82) is 0 Å². The molecule has 0 aliphatic carbocycles. The fourth-order valence-corrected chi connectivity index (χ4v) is 3.14. The third kappa shape index (κ3) is 3.91. The van der Waals surface area contributed by atoms with Gasteiger partial charge in [-0.3, -0.25) is 9.48 Å². The van der Waals surface area contributed by atoms with Gasteiger partial charge in [-0.25, -0.2) is 9.97 Å². The zero-order chi connectivity index (χ0) is 16.3. The van der Waals surface area contributed by atoms with Crippen molar-refractivity contribution in [3.05, 3.63) is 27.2 Å². The number of amides is 1. The summed E-state index contributed by atoms with van der Waals surface area (Å²) in [6.07, 6.45) is 0.824. The van der Waals surface area contributed by atoms with Gasteiger partial charge < -0.3 is 5.32 Å². The molecule has 0 saturated carbocycles. The van der Waals surface area contributed by atoms with Gasteiger partial charge in [0.25, 0.3) is 5.91 Å². The van der Waals surface area contributed by atoms with Crippen LogP contribution in [0.25, 0.3) is 0 Å². The van der Waals surface area contributed by atoms with E-state index in [1.54, 1.807) is 0 Å². The number of hydrogen-bond acceptors (Lipinski definition) is 5. The molecule has 2 heterocycles. The van der Waals surface area contributed by atoms with Crippen LogP contribution in [0.2, 0.25) is 0 Å². The van der Waals surface area contributed by atoms with Crippen molar-refractivity contribution in [3.63, 3.8) is 0 Å². The summed E-state index contributed by atoms with van der Waals surface area (Å²) >= 11 is 1.49. The minimum atomic E-state index is -0.0339. The van der Waals surface area contributed by atoms with E-state index in [9.17, 15) is 4.79 Å². The maximum atomic E-state index is 12.2. The second kappa shape index (κ2) is 7.00. The molecule has 7 heteroatoms. The van der Waals surface area contributed by atoms with Crippen LogP contribution < -0.4 is 5.32 Å². The predicted molar refractivity (Wildman–Crippen MR) is 87.4 cm³/mol. The second-order valence-electron chi connectivity index (χ2n) is 5.66. The Bertz CT molecular complexity index is 659. The van der Waals surface area contributed by atoms with Gasteiger partial charge in [0.05, 0.1) is 10.7 Å². The zero-order valence-electron chi connectivity index (χ0n) is 13.8. The van der Waals surface area contributed by atoms with Gasteiger partial charge in [-0.2, -0.15) is 5.10 Å². The molecule has 0 radical (unpaired) electrons. The molecule has 0 fully saturated rings. The van der Waals surface area contributed by atoms with E-state index in [0.29, 0.717) is 12.5 Å². The van der Waals surface area contributed by atoms with E-state index < -0.39 is 0 Å². The monoisotopic (exact) mass is 321 g/mol. The van der Waals surface area contributed by atoms with Crippen molar-refractivity contribution in [2.45, 2.75) is 53.5 Å². The van der Waals surface area contributed by atoms with Crippen LogP contribution in [0.1, 0.15) is 58.2 Å². The molecule has 0 aromatic carbocycles. The molecule has 0 aliphatic rings. The molecule has 0 bridgehead atoms. The van der Waals surface area contributed by atoms with Crippen molar-refractivity contribution in [3.8, 4) is 0 Å². The molecule has 1 amide bonds. The van der Waals surface area contributed by atoms with Gasteiger partial charge in [-0.05, 0) is 27.2 Å². The van der Waals surface area contributed by atoms with E-state index in [2.05, 4.69) is 34.2 Å². The molecule has 120 valence electrons. The number of carbonyl (C=O) groups excluding carboxylic acids is 1. The molecule has 0 spiro atoms. The molecular formula is C15H23N5OS. The number of carbonyl (C=O) groups is 1. The largest absolute Gasteiger partial charge is 0.351 e. The summed E-state index contributed by atoms with van der Waals surface area (Å²) < 4.78 is 1.87. The highest BCUT2D eigenvalue weighted by Crippen LogP contribution is 2.24. The van der Waals surface area contributed by atoms with Gasteiger partial charge in [0.2, 0.25) is 0 Å². The fraction of sp³-hybridized carbons (Fsp3) is 0.600.